The molecular formula is C8H4ClF3N2OS. The highest BCUT2D eigenvalue weighted by molar-refractivity contribution is 7.17. The summed E-state index contributed by atoms with van der Waals surface area (Å²) in [5, 5.41) is -0.788. The lowest BCUT2D eigenvalue weighted by atomic mass is 10.4. The van der Waals surface area contributed by atoms with Crippen molar-refractivity contribution in [2.75, 3.05) is 0 Å². The monoisotopic (exact) mass is 268 g/mol. The van der Waals surface area contributed by atoms with E-state index >= 15 is 0 Å². The van der Waals surface area contributed by atoms with Crippen molar-refractivity contribution < 1.29 is 18.0 Å². The molecule has 0 saturated carbocycles. The van der Waals surface area contributed by atoms with Gasteiger partial charge in [-0.3, -0.25) is 9.20 Å². The summed E-state index contributed by atoms with van der Waals surface area (Å²) >= 11 is 5.67. The van der Waals surface area contributed by atoms with Crippen LogP contribution in [-0.2, 0) is 6.18 Å². The van der Waals surface area contributed by atoms with E-state index in [9.17, 15) is 18.0 Å². The second-order valence-electron chi connectivity index (χ2n) is 3.07. The number of halogens is 4. The fraction of sp³-hybridized carbons (Fsp3) is 0.250. The van der Waals surface area contributed by atoms with Crippen LogP contribution in [0.4, 0.5) is 13.2 Å². The number of hydrogen-bond acceptors (Lipinski definition) is 3. The molecule has 2 rings (SSSR count). The molecule has 0 aliphatic carbocycles. The standard InChI is InChI=1S/C8H4ClF3N2OS/c1-3-5(8(10,11)12)16-7-13-4(6(9)15)2-14(3)7/h2H,1H3. The van der Waals surface area contributed by atoms with E-state index in [1.54, 1.807) is 0 Å². The SMILES string of the molecule is Cc1c(C(F)(F)F)sc2nc(C(=O)Cl)cn12. The molecule has 3 nitrogen and oxygen atoms in total. The van der Waals surface area contributed by atoms with Crippen molar-refractivity contribution in [1.29, 1.82) is 0 Å². The van der Waals surface area contributed by atoms with Gasteiger partial charge in [0.05, 0.1) is 0 Å². The van der Waals surface area contributed by atoms with E-state index in [1.165, 1.54) is 17.5 Å². The number of alkyl halides is 3. The van der Waals surface area contributed by atoms with Crippen LogP contribution in [0.2, 0.25) is 0 Å². The molecule has 8 heteroatoms. The van der Waals surface area contributed by atoms with Gasteiger partial charge in [-0.2, -0.15) is 13.2 Å². The minimum Gasteiger partial charge on any atom is -0.294 e. The molecule has 0 saturated heterocycles. The number of thiazole rings is 1. The lowest BCUT2D eigenvalue weighted by Crippen LogP contribution is -2.04. The number of nitrogens with zero attached hydrogens (tertiary/aromatic N) is 2. The molecule has 0 spiro atoms. The number of fused-ring (bicyclic) bond motifs is 1. The third kappa shape index (κ3) is 1.69. The van der Waals surface area contributed by atoms with Gasteiger partial charge in [0, 0.05) is 11.9 Å². The number of rotatable bonds is 1. The van der Waals surface area contributed by atoms with Gasteiger partial charge in [0.2, 0.25) is 0 Å². The predicted molar refractivity (Wildman–Crippen MR) is 53.0 cm³/mol. The molecule has 0 unspecified atom stereocenters. The molecule has 86 valence electrons. The zero-order valence-electron chi connectivity index (χ0n) is 7.80. The van der Waals surface area contributed by atoms with E-state index in [0.717, 1.165) is 0 Å². The first-order valence-electron chi connectivity index (χ1n) is 4.06. The van der Waals surface area contributed by atoms with Gasteiger partial charge in [0.1, 0.15) is 10.6 Å². The number of imidazole rings is 1. The minimum atomic E-state index is -4.40. The second kappa shape index (κ2) is 3.46. The molecule has 0 aliphatic heterocycles. The van der Waals surface area contributed by atoms with Crippen molar-refractivity contribution in [2.24, 2.45) is 0 Å². The van der Waals surface area contributed by atoms with Crippen LogP contribution in [0.15, 0.2) is 6.20 Å². The number of hydrogen-bond donors (Lipinski definition) is 0. The molecule has 0 bridgehead atoms. The van der Waals surface area contributed by atoms with Crippen LogP contribution in [0.3, 0.4) is 0 Å². The summed E-state index contributed by atoms with van der Waals surface area (Å²) in [6.45, 7) is 1.32. The summed E-state index contributed by atoms with van der Waals surface area (Å²) in [4.78, 5) is 13.9. The van der Waals surface area contributed by atoms with Gasteiger partial charge in [-0.15, -0.1) is 0 Å². The van der Waals surface area contributed by atoms with Crippen LogP contribution in [-0.4, -0.2) is 14.6 Å². The fourth-order valence-corrected chi connectivity index (χ4v) is 2.38. The Labute approximate surface area is 96.5 Å². The molecule has 2 aromatic heterocycles. The van der Waals surface area contributed by atoms with Gasteiger partial charge in [0.15, 0.2) is 4.96 Å². The zero-order chi connectivity index (χ0) is 12.1. The molecule has 2 aromatic rings. The number of aryl methyl sites for hydroxylation is 1. The van der Waals surface area contributed by atoms with Gasteiger partial charge < -0.3 is 0 Å². The Hall–Kier alpha value is -1.08. The van der Waals surface area contributed by atoms with Crippen LogP contribution >= 0.6 is 22.9 Å². The van der Waals surface area contributed by atoms with E-state index in [1.807, 2.05) is 0 Å². The molecule has 16 heavy (non-hydrogen) atoms. The fourth-order valence-electron chi connectivity index (χ4n) is 1.31. The van der Waals surface area contributed by atoms with Gasteiger partial charge >= 0.3 is 6.18 Å². The van der Waals surface area contributed by atoms with Crippen LogP contribution in [0.5, 0.6) is 0 Å². The van der Waals surface area contributed by atoms with Crippen molar-refractivity contribution >= 4 is 33.1 Å². The largest absolute Gasteiger partial charge is 0.427 e. The third-order valence-corrected chi connectivity index (χ3v) is 3.41. The summed E-state index contributed by atoms with van der Waals surface area (Å²) < 4.78 is 38.7. The highest BCUT2D eigenvalue weighted by atomic mass is 35.5. The Morgan fingerprint density at radius 1 is 1.56 bits per heavy atom. The highest BCUT2D eigenvalue weighted by Gasteiger charge is 2.36. The number of aromatic nitrogens is 2. The zero-order valence-corrected chi connectivity index (χ0v) is 9.37. The minimum absolute atomic E-state index is 0.00386. The number of carbonyl (C=O) groups is 1. The van der Waals surface area contributed by atoms with Crippen LogP contribution < -0.4 is 0 Å². The first-order valence-corrected chi connectivity index (χ1v) is 5.25. The molecule has 0 aliphatic rings. The topological polar surface area (TPSA) is 34.4 Å². The Bertz CT molecular complexity index is 572. The molecule has 2 heterocycles. The van der Waals surface area contributed by atoms with Crippen molar-refractivity contribution in [2.45, 2.75) is 13.1 Å². The van der Waals surface area contributed by atoms with Crippen molar-refractivity contribution in [3.8, 4) is 0 Å². The van der Waals surface area contributed by atoms with Crippen LogP contribution in [0, 0.1) is 6.92 Å². The Kier molecular flexibility index (Phi) is 2.47. The average molecular weight is 269 g/mol. The first kappa shape index (κ1) is 11.4. The van der Waals surface area contributed by atoms with Gasteiger partial charge in [-0.05, 0) is 18.5 Å². The van der Waals surface area contributed by atoms with E-state index < -0.39 is 16.3 Å². The average Bonchev–Trinajstić information content (AvgIpc) is 2.64. The first-order chi connectivity index (χ1) is 7.30. The quantitative estimate of drug-likeness (QED) is 0.745. The maximum atomic E-state index is 12.5. The lowest BCUT2D eigenvalue weighted by molar-refractivity contribution is -0.135. The second-order valence-corrected chi connectivity index (χ2v) is 4.39. The van der Waals surface area contributed by atoms with Crippen molar-refractivity contribution in [1.82, 2.24) is 9.38 Å². The smallest absolute Gasteiger partial charge is 0.294 e. The van der Waals surface area contributed by atoms with E-state index in [4.69, 9.17) is 11.6 Å². The van der Waals surface area contributed by atoms with Crippen LogP contribution in [0.25, 0.3) is 4.96 Å². The Balaban J connectivity index is 2.64. The molecule has 0 amide bonds. The maximum Gasteiger partial charge on any atom is 0.427 e. The normalized spacial score (nSPS) is 12.3. The van der Waals surface area contributed by atoms with Gasteiger partial charge in [0.25, 0.3) is 5.24 Å². The van der Waals surface area contributed by atoms with E-state index in [-0.39, 0.29) is 16.3 Å². The summed E-state index contributed by atoms with van der Waals surface area (Å²) in [5.41, 5.74) is -0.0473. The third-order valence-electron chi connectivity index (χ3n) is 2.02. The summed E-state index contributed by atoms with van der Waals surface area (Å²) in [6.07, 6.45) is -3.20. The summed E-state index contributed by atoms with van der Waals surface area (Å²) in [6, 6.07) is 0. The lowest BCUT2D eigenvalue weighted by Gasteiger charge is -2.03. The van der Waals surface area contributed by atoms with Crippen molar-refractivity contribution in [3.05, 3.63) is 22.5 Å². The Morgan fingerprint density at radius 2 is 2.19 bits per heavy atom. The van der Waals surface area contributed by atoms with Crippen LogP contribution in [0.1, 0.15) is 21.1 Å². The van der Waals surface area contributed by atoms with Gasteiger partial charge in [-0.1, -0.05) is 11.3 Å². The highest BCUT2D eigenvalue weighted by Crippen LogP contribution is 2.37. The molecule has 0 N–H and O–H groups in total. The van der Waals surface area contributed by atoms with E-state index in [0.29, 0.717) is 11.3 Å². The molecule has 0 radical (unpaired) electrons. The Morgan fingerprint density at radius 3 is 2.62 bits per heavy atom. The van der Waals surface area contributed by atoms with Crippen molar-refractivity contribution in [3.63, 3.8) is 0 Å². The van der Waals surface area contributed by atoms with E-state index in [2.05, 4.69) is 4.98 Å². The molecule has 0 aromatic carbocycles. The predicted octanol–water partition coefficient (Wildman–Crippen LogP) is 3.10. The number of carbonyl (C=O) groups excluding carboxylic acids is 1. The molecule has 0 fully saturated rings. The summed E-state index contributed by atoms with van der Waals surface area (Å²) in [5.74, 6) is 0. The molecule has 0 atom stereocenters. The molecular weight excluding hydrogens is 265 g/mol. The maximum absolute atomic E-state index is 12.5. The van der Waals surface area contributed by atoms with Gasteiger partial charge in [-0.25, -0.2) is 4.98 Å². The summed E-state index contributed by atoms with van der Waals surface area (Å²) in [7, 11) is 0.